The second kappa shape index (κ2) is 6.69. The molecule has 2 rings (SSSR count). The van der Waals surface area contributed by atoms with Gasteiger partial charge in [0, 0.05) is 5.02 Å². The largest absolute Gasteiger partial charge is 0.388 e. The van der Waals surface area contributed by atoms with Gasteiger partial charge in [-0.1, -0.05) is 54.1 Å². The van der Waals surface area contributed by atoms with Gasteiger partial charge in [0.25, 0.3) is 0 Å². The van der Waals surface area contributed by atoms with Crippen LogP contribution in [0.25, 0.3) is 0 Å². The quantitative estimate of drug-likeness (QED) is 0.908. The van der Waals surface area contributed by atoms with Gasteiger partial charge in [0.1, 0.15) is 5.78 Å². The number of rotatable bonds is 5. The van der Waals surface area contributed by atoms with Gasteiger partial charge in [0.2, 0.25) is 0 Å². The van der Waals surface area contributed by atoms with Crippen molar-refractivity contribution in [3.05, 3.63) is 70.7 Å². The monoisotopic (exact) mass is 288 g/mol. The van der Waals surface area contributed by atoms with Gasteiger partial charge in [-0.05, 0) is 36.6 Å². The minimum atomic E-state index is -0.815. The van der Waals surface area contributed by atoms with Gasteiger partial charge in [-0.3, -0.25) is 4.79 Å². The van der Waals surface area contributed by atoms with Gasteiger partial charge >= 0.3 is 0 Å². The first-order valence-corrected chi connectivity index (χ1v) is 6.93. The van der Waals surface area contributed by atoms with Crippen LogP contribution in [0.2, 0.25) is 5.02 Å². The van der Waals surface area contributed by atoms with Gasteiger partial charge < -0.3 is 5.11 Å². The van der Waals surface area contributed by atoms with E-state index in [1.807, 2.05) is 30.3 Å². The number of hydrogen-bond donors (Lipinski definition) is 1. The van der Waals surface area contributed by atoms with Crippen LogP contribution in [0.5, 0.6) is 0 Å². The summed E-state index contributed by atoms with van der Waals surface area (Å²) in [5, 5.41) is 11.1. The van der Waals surface area contributed by atoms with E-state index in [1.54, 1.807) is 24.3 Å². The Balaban J connectivity index is 2.20. The Morgan fingerprint density at radius 3 is 2.25 bits per heavy atom. The highest BCUT2D eigenvalue weighted by Gasteiger charge is 2.25. The van der Waals surface area contributed by atoms with Gasteiger partial charge in [-0.25, -0.2) is 0 Å². The lowest BCUT2D eigenvalue weighted by atomic mass is 9.87. The van der Waals surface area contributed by atoms with E-state index < -0.39 is 12.0 Å². The lowest BCUT2D eigenvalue weighted by Crippen LogP contribution is -2.22. The maximum Gasteiger partial charge on any atom is 0.136 e. The number of carbonyl (C=O) groups is 1. The van der Waals surface area contributed by atoms with Crippen molar-refractivity contribution in [2.45, 2.75) is 19.4 Å². The van der Waals surface area contributed by atoms with E-state index >= 15 is 0 Å². The van der Waals surface area contributed by atoms with Gasteiger partial charge in [-0.2, -0.15) is 0 Å². The molecule has 20 heavy (non-hydrogen) atoms. The molecule has 2 unspecified atom stereocenters. The fourth-order valence-corrected chi connectivity index (χ4v) is 2.36. The number of hydrogen-bond acceptors (Lipinski definition) is 2. The summed E-state index contributed by atoms with van der Waals surface area (Å²) in [5.41, 5.74) is 1.76. The van der Waals surface area contributed by atoms with Crippen LogP contribution in [-0.4, -0.2) is 10.9 Å². The highest BCUT2D eigenvalue weighted by atomic mass is 35.5. The van der Waals surface area contributed by atoms with E-state index in [2.05, 4.69) is 0 Å². The highest BCUT2D eigenvalue weighted by molar-refractivity contribution is 6.30. The van der Waals surface area contributed by atoms with Gasteiger partial charge in [-0.15, -0.1) is 0 Å². The molecule has 2 nitrogen and oxygen atoms in total. The number of aliphatic hydroxyl groups excluding tert-OH is 1. The average molecular weight is 289 g/mol. The molecule has 104 valence electrons. The fourth-order valence-electron chi connectivity index (χ4n) is 2.24. The van der Waals surface area contributed by atoms with E-state index in [9.17, 15) is 9.90 Å². The number of benzene rings is 2. The Morgan fingerprint density at radius 1 is 1.10 bits per heavy atom. The molecule has 0 heterocycles. The second-order valence-corrected chi connectivity index (χ2v) is 5.34. The summed E-state index contributed by atoms with van der Waals surface area (Å²) in [5.74, 6) is -0.463. The van der Waals surface area contributed by atoms with E-state index in [4.69, 9.17) is 11.6 Å². The molecule has 2 aromatic carbocycles. The van der Waals surface area contributed by atoms with Crippen molar-refractivity contribution in [1.29, 1.82) is 0 Å². The first-order valence-electron chi connectivity index (χ1n) is 6.56. The molecule has 0 bridgehead atoms. The molecule has 0 saturated carbocycles. The average Bonchev–Trinajstić information content (AvgIpc) is 2.45. The van der Waals surface area contributed by atoms with Crippen LogP contribution in [0.15, 0.2) is 54.6 Å². The lowest BCUT2D eigenvalue weighted by molar-refractivity contribution is -0.124. The standard InChI is InChI=1S/C17H17ClO2/c1-12(19)16(11-13-5-3-2-4-6-13)17(20)14-7-9-15(18)10-8-14/h2-10,16-17,20H,11H2,1H3. The van der Waals surface area contributed by atoms with Crippen molar-refractivity contribution in [2.75, 3.05) is 0 Å². The van der Waals surface area contributed by atoms with Crippen LogP contribution in [0, 0.1) is 5.92 Å². The first-order chi connectivity index (χ1) is 9.58. The van der Waals surface area contributed by atoms with Crippen molar-refractivity contribution in [3.63, 3.8) is 0 Å². The zero-order chi connectivity index (χ0) is 14.5. The molecular formula is C17H17ClO2. The molecule has 0 spiro atoms. The summed E-state index contributed by atoms with van der Waals surface area (Å²) in [6, 6.07) is 16.7. The molecule has 0 saturated heterocycles. The summed E-state index contributed by atoms with van der Waals surface area (Å²) < 4.78 is 0. The zero-order valence-corrected chi connectivity index (χ0v) is 12.0. The number of carbonyl (C=O) groups excluding carboxylic acids is 1. The highest BCUT2D eigenvalue weighted by Crippen LogP contribution is 2.27. The number of ketones is 1. The third-order valence-electron chi connectivity index (χ3n) is 3.41. The van der Waals surface area contributed by atoms with E-state index in [-0.39, 0.29) is 5.78 Å². The molecule has 1 N–H and O–H groups in total. The molecule has 0 aliphatic carbocycles. The predicted octanol–water partition coefficient (Wildman–Crippen LogP) is 3.82. The molecule has 0 radical (unpaired) electrons. The number of aliphatic hydroxyl groups is 1. The summed E-state index contributed by atoms with van der Waals surface area (Å²) in [6.45, 7) is 1.52. The fraction of sp³-hybridized carbons (Fsp3) is 0.235. The maximum absolute atomic E-state index is 11.8. The summed E-state index contributed by atoms with van der Waals surface area (Å²) in [6.07, 6.45) is -0.287. The Bertz CT molecular complexity index is 563. The van der Waals surface area contributed by atoms with Crippen LogP contribution in [0.1, 0.15) is 24.2 Å². The smallest absolute Gasteiger partial charge is 0.136 e. The molecule has 0 amide bonds. The van der Waals surface area contributed by atoms with E-state index in [1.165, 1.54) is 6.92 Å². The van der Waals surface area contributed by atoms with Gasteiger partial charge in [0.05, 0.1) is 12.0 Å². The second-order valence-electron chi connectivity index (χ2n) is 4.90. The topological polar surface area (TPSA) is 37.3 Å². The van der Waals surface area contributed by atoms with Crippen LogP contribution in [0.3, 0.4) is 0 Å². The predicted molar refractivity (Wildman–Crippen MR) is 80.7 cm³/mol. The molecule has 0 aliphatic rings. The molecule has 0 aliphatic heterocycles. The summed E-state index contributed by atoms with van der Waals surface area (Å²) in [4.78, 5) is 11.8. The Kier molecular flexibility index (Phi) is 4.94. The number of Topliss-reactive ketones (excluding diaryl/α,β-unsaturated/α-hetero) is 1. The molecule has 2 atom stereocenters. The third-order valence-corrected chi connectivity index (χ3v) is 3.67. The van der Waals surface area contributed by atoms with Crippen molar-refractivity contribution in [2.24, 2.45) is 5.92 Å². The van der Waals surface area contributed by atoms with Crippen molar-refractivity contribution in [1.82, 2.24) is 0 Å². The maximum atomic E-state index is 11.8. The van der Waals surface area contributed by atoms with E-state index in [0.29, 0.717) is 17.0 Å². The number of halogens is 1. The van der Waals surface area contributed by atoms with Crippen LogP contribution >= 0.6 is 11.6 Å². The van der Waals surface area contributed by atoms with Crippen molar-refractivity contribution >= 4 is 17.4 Å². The molecule has 3 heteroatoms. The summed E-state index contributed by atoms with van der Waals surface area (Å²) in [7, 11) is 0. The molecule has 0 fully saturated rings. The van der Waals surface area contributed by atoms with Crippen LogP contribution < -0.4 is 0 Å². The molecule has 0 aromatic heterocycles. The van der Waals surface area contributed by atoms with Crippen molar-refractivity contribution in [3.8, 4) is 0 Å². The van der Waals surface area contributed by atoms with Crippen molar-refractivity contribution < 1.29 is 9.90 Å². The first kappa shape index (κ1) is 14.8. The van der Waals surface area contributed by atoms with Crippen LogP contribution in [0.4, 0.5) is 0 Å². The molecular weight excluding hydrogens is 272 g/mol. The van der Waals surface area contributed by atoms with Crippen LogP contribution in [-0.2, 0) is 11.2 Å². The lowest BCUT2D eigenvalue weighted by Gasteiger charge is -2.21. The minimum absolute atomic E-state index is 0.0173. The molecule has 2 aromatic rings. The van der Waals surface area contributed by atoms with Gasteiger partial charge in [0.15, 0.2) is 0 Å². The normalized spacial score (nSPS) is 13.8. The minimum Gasteiger partial charge on any atom is -0.388 e. The third kappa shape index (κ3) is 3.69. The Morgan fingerprint density at radius 2 is 1.70 bits per heavy atom. The van der Waals surface area contributed by atoms with E-state index in [0.717, 1.165) is 5.56 Å². The zero-order valence-electron chi connectivity index (χ0n) is 11.3. The Hall–Kier alpha value is -1.64. The SMILES string of the molecule is CC(=O)C(Cc1ccccc1)C(O)c1ccc(Cl)cc1. The Labute approximate surface area is 124 Å². The summed E-state index contributed by atoms with van der Waals surface area (Å²) >= 11 is 5.84.